The first kappa shape index (κ1) is 13.9. The van der Waals surface area contributed by atoms with Gasteiger partial charge < -0.3 is 10.4 Å². The first-order chi connectivity index (χ1) is 8.54. The Bertz CT molecular complexity index is 500. The molecule has 0 saturated heterocycles. The van der Waals surface area contributed by atoms with Gasteiger partial charge in [-0.3, -0.25) is 4.79 Å². The zero-order chi connectivity index (χ0) is 13.5. The van der Waals surface area contributed by atoms with E-state index in [1.54, 1.807) is 0 Å². The van der Waals surface area contributed by atoms with Crippen LogP contribution >= 0.6 is 11.8 Å². The van der Waals surface area contributed by atoms with E-state index in [-0.39, 0.29) is 11.4 Å². The smallest absolute Gasteiger partial charge is 0.327 e. The standard InChI is InChI=1S/C10H10N4O3S/c1-6(15)14-8(10(16)17)5-18-9-7(4-11)12-2-3-13-9/h2-3,8H,5H2,1H3,(H,14,15)(H,16,17). The monoisotopic (exact) mass is 266 g/mol. The zero-order valence-corrected chi connectivity index (χ0v) is 10.3. The highest BCUT2D eigenvalue weighted by Gasteiger charge is 2.19. The average molecular weight is 266 g/mol. The van der Waals surface area contributed by atoms with Crippen LogP contribution in [0.3, 0.4) is 0 Å². The largest absolute Gasteiger partial charge is 0.480 e. The molecule has 8 heteroatoms. The zero-order valence-electron chi connectivity index (χ0n) is 9.45. The van der Waals surface area contributed by atoms with Crippen LogP contribution in [0, 0.1) is 11.3 Å². The van der Waals surface area contributed by atoms with Crippen LogP contribution in [0.25, 0.3) is 0 Å². The lowest BCUT2D eigenvalue weighted by Gasteiger charge is -2.12. The molecular weight excluding hydrogens is 256 g/mol. The molecule has 0 aliphatic carbocycles. The quantitative estimate of drug-likeness (QED) is 0.722. The second kappa shape index (κ2) is 6.56. The summed E-state index contributed by atoms with van der Waals surface area (Å²) < 4.78 is 0. The molecule has 1 aromatic heterocycles. The maximum Gasteiger partial charge on any atom is 0.327 e. The van der Waals surface area contributed by atoms with Gasteiger partial charge in [0.1, 0.15) is 17.1 Å². The highest BCUT2D eigenvalue weighted by atomic mass is 32.2. The van der Waals surface area contributed by atoms with Crippen molar-refractivity contribution in [3.63, 3.8) is 0 Å². The molecule has 1 heterocycles. The fraction of sp³-hybridized carbons (Fsp3) is 0.300. The van der Waals surface area contributed by atoms with E-state index in [1.165, 1.54) is 19.3 Å². The number of carboxylic acid groups (broad SMARTS) is 1. The Balaban J connectivity index is 2.70. The van der Waals surface area contributed by atoms with Gasteiger partial charge >= 0.3 is 5.97 Å². The van der Waals surface area contributed by atoms with E-state index < -0.39 is 17.9 Å². The third-order valence-electron chi connectivity index (χ3n) is 1.83. The highest BCUT2D eigenvalue weighted by molar-refractivity contribution is 7.99. The van der Waals surface area contributed by atoms with Gasteiger partial charge in [0.15, 0.2) is 5.69 Å². The van der Waals surface area contributed by atoms with Gasteiger partial charge in [0.25, 0.3) is 0 Å². The van der Waals surface area contributed by atoms with Gasteiger partial charge in [0.2, 0.25) is 5.91 Å². The van der Waals surface area contributed by atoms with Crippen molar-refractivity contribution in [1.82, 2.24) is 15.3 Å². The SMILES string of the molecule is CC(=O)NC(CSc1nccnc1C#N)C(=O)O. The summed E-state index contributed by atoms with van der Waals surface area (Å²) in [6, 6.07) is 0.833. The molecule has 0 bridgehead atoms. The summed E-state index contributed by atoms with van der Waals surface area (Å²) in [5.74, 6) is -1.50. The molecule has 0 radical (unpaired) electrons. The minimum Gasteiger partial charge on any atom is -0.480 e. The van der Waals surface area contributed by atoms with Crippen LogP contribution < -0.4 is 5.32 Å². The number of carbonyl (C=O) groups is 2. The van der Waals surface area contributed by atoms with E-state index in [0.29, 0.717) is 5.03 Å². The number of rotatable bonds is 5. The molecule has 0 aliphatic heterocycles. The molecule has 0 saturated carbocycles. The van der Waals surface area contributed by atoms with Gasteiger partial charge in [-0.15, -0.1) is 11.8 Å². The summed E-state index contributed by atoms with van der Waals surface area (Å²) in [4.78, 5) is 29.4. The van der Waals surface area contributed by atoms with Crippen LogP contribution in [0.5, 0.6) is 0 Å². The lowest BCUT2D eigenvalue weighted by atomic mass is 10.3. The van der Waals surface area contributed by atoms with Crippen LogP contribution in [0.1, 0.15) is 12.6 Å². The minimum atomic E-state index is -1.14. The number of nitriles is 1. The molecule has 0 fully saturated rings. The molecule has 1 rings (SSSR count). The number of hydrogen-bond donors (Lipinski definition) is 2. The summed E-state index contributed by atoms with van der Waals surface area (Å²) >= 11 is 1.06. The minimum absolute atomic E-state index is 0.0717. The summed E-state index contributed by atoms with van der Waals surface area (Å²) in [6.45, 7) is 1.24. The van der Waals surface area contributed by atoms with Crippen LogP contribution in [-0.2, 0) is 9.59 Å². The predicted molar refractivity (Wildman–Crippen MR) is 62.7 cm³/mol. The number of hydrogen-bond acceptors (Lipinski definition) is 6. The molecule has 1 amide bonds. The number of amides is 1. The first-order valence-corrected chi connectivity index (χ1v) is 5.87. The van der Waals surface area contributed by atoms with Crippen molar-refractivity contribution in [3.05, 3.63) is 18.1 Å². The van der Waals surface area contributed by atoms with E-state index >= 15 is 0 Å². The molecule has 1 aromatic rings. The Labute approximate surface area is 107 Å². The Morgan fingerprint density at radius 1 is 1.56 bits per heavy atom. The topological polar surface area (TPSA) is 116 Å². The Kier molecular flexibility index (Phi) is 5.07. The predicted octanol–water partition coefficient (Wildman–Crippen LogP) is 0.0297. The maximum atomic E-state index is 10.9. The van der Waals surface area contributed by atoms with Crippen LogP contribution in [0.4, 0.5) is 0 Å². The van der Waals surface area contributed by atoms with E-state index in [1.807, 2.05) is 6.07 Å². The van der Waals surface area contributed by atoms with Crippen LogP contribution in [0.2, 0.25) is 0 Å². The molecule has 0 aromatic carbocycles. The number of carboxylic acids is 1. The normalized spacial score (nSPS) is 11.3. The second-order valence-electron chi connectivity index (χ2n) is 3.22. The second-order valence-corrected chi connectivity index (χ2v) is 4.23. The fourth-order valence-corrected chi connectivity index (χ4v) is 2.01. The Morgan fingerprint density at radius 2 is 2.22 bits per heavy atom. The average Bonchev–Trinajstić information content (AvgIpc) is 2.34. The third kappa shape index (κ3) is 4.03. The molecule has 0 aliphatic rings. The van der Waals surface area contributed by atoms with Crippen molar-refractivity contribution in [2.75, 3.05) is 5.75 Å². The van der Waals surface area contributed by atoms with Crippen molar-refractivity contribution >= 4 is 23.6 Å². The van der Waals surface area contributed by atoms with Gasteiger partial charge in [-0.25, -0.2) is 14.8 Å². The third-order valence-corrected chi connectivity index (χ3v) is 2.91. The van der Waals surface area contributed by atoms with Crippen molar-refractivity contribution in [2.24, 2.45) is 0 Å². The van der Waals surface area contributed by atoms with Gasteiger partial charge in [-0.2, -0.15) is 5.26 Å². The molecule has 18 heavy (non-hydrogen) atoms. The number of aromatic nitrogens is 2. The number of aliphatic carboxylic acids is 1. The summed E-state index contributed by atoms with van der Waals surface area (Å²) in [6.07, 6.45) is 2.79. The van der Waals surface area contributed by atoms with Crippen molar-refractivity contribution in [3.8, 4) is 6.07 Å². The van der Waals surface area contributed by atoms with Gasteiger partial charge in [-0.05, 0) is 0 Å². The number of nitrogens with one attached hydrogen (secondary N) is 1. The molecule has 1 atom stereocenters. The molecular formula is C10H10N4O3S. The van der Waals surface area contributed by atoms with E-state index in [9.17, 15) is 9.59 Å². The summed E-state index contributed by atoms with van der Waals surface area (Å²) in [5, 5.41) is 20.3. The molecule has 2 N–H and O–H groups in total. The number of thioether (sulfide) groups is 1. The van der Waals surface area contributed by atoms with Crippen LogP contribution in [-0.4, -0.2) is 38.7 Å². The van der Waals surface area contributed by atoms with Crippen molar-refractivity contribution < 1.29 is 14.7 Å². The highest BCUT2D eigenvalue weighted by Crippen LogP contribution is 2.18. The molecule has 94 valence electrons. The maximum absolute atomic E-state index is 10.9. The summed E-state index contributed by atoms with van der Waals surface area (Å²) in [7, 11) is 0. The van der Waals surface area contributed by atoms with Crippen LogP contribution in [0.15, 0.2) is 17.4 Å². The van der Waals surface area contributed by atoms with Gasteiger partial charge in [0.05, 0.1) is 0 Å². The first-order valence-electron chi connectivity index (χ1n) is 4.88. The summed E-state index contributed by atoms with van der Waals surface area (Å²) in [5.41, 5.74) is 0.134. The lowest BCUT2D eigenvalue weighted by molar-refractivity contribution is -0.140. The fourth-order valence-electron chi connectivity index (χ4n) is 1.09. The number of nitrogens with zero attached hydrogens (tertiary/aromatic N) is 3. The number of carbonyl (C=O) groups excluding carboxylic acids is 1. The Morgan fingerprint density at radius 3 is 2.78 bits per heavy atom. The lowest BCUT2D eigenvalue weighted by Crippen LogP contribution is -2.41. The molecule has 1 unspecified atom stereocenters. The van der Waals surface area contributed by atoms with E-state index in [4.69, 9.17) is 10.4 Å². The van der Waals surface area contributed by atoms with Crippen molar-refractivity contribution in [2.45, 2.75) is 18.0 Å². The Hall–Kier alpha value is -2.14. The molecule has 0 spiro atoms. The van der Waals surface area contributed by atoms with Gasteiger partial charge in [0, 0.05) is 25.1 Å². The van der Waals surface area contributed by atoms with E-state index in [0.717, 1.165) is 11.8 Å². The van der Waals surface area contributed by atoms with E-state index in [2.05, 4.69) is 15.3 Å². The van der Waals surface area contributed by atoms with Crippen molar-refractivity contribution in [1.29, 1.82) is 5.26 Å². The molecule has 7 nitrogen and oxygen atoms in total. The van der Waals surface area contributed by atoms with Gasteiger partial charge in [-0.1, -0.05) is 0 Å².